The van der Waals surface area contributed by atoms with Gasteiger partial charge in [0.25, 0.3) is 0 Å². The van der Waals surface area contributed by atoms with Gasteiger partial charge in [-0.2, -0.15) is 0 Å². The van der Waals surface area contributed by atoms with Gasteiger partial charge in [0.1, 0.15) is 11.2 Å². The molecule has 2 atom stereocenters. The first-order valence-electron chi connectivity index (χ1n) is 10.2. The molecule has 2 rings (SSSR count). The summed E-state index contributed by atoms with van der Waals surface area (Å²) in [4.78, 5) is 35.5. The number of hydrogen-bond donors (Lipinski definition) is 3. The van der Waals surface area contributed by atoms with Crippen molar-refractivity contribution < 1.29 is 23.9 Å². The SMILES string of the molecule is CC(=O)N1CCC(NC(=O)OC(C)(C)C)C1.CC(C)(C)OC(=O)NC1CCNC1. The molecule has 0 aromatic heterocycles. The smallest absolute Gasteiger partial charge is 0.407 e. The minimum Gasteiger partial charge on any atom is -0.444 e. The number of carbonyl (C=O) groups is 3. The van der Waals surface area contributed by atoms with E-state index in [-0.39, 0.29) is 24.1 Å². The Bertz CT molecular complexity index is 562. The number of carbonyl (C=O) groups excluding carboxylic acids is 3. The van der Waals surface area contributed by atoms with E-state index in [9.17, 15) is 14.4 Å². The predicted octanol–water partition coefficient (Wildman–Crippen LogP) is 2.00. The third-order valence-corrected chi connectivity index (χ3v) is 4.14. The molecule has 0 saturated carbocycles. The maximum Gasteiger partial charge on any atom is 0.407 e. The maximum atomic E-state index is 11.5. The van der Waals surface area contributed by atoms with Gasteiger partial charge in [-0.25, -0.2) is 9.59 Å². The highest BCUT2D eigenvalue weighted by Crippen LogP contribution is 2.11. The van der Waals surface area contributed by atoms with Gasteiger partial charge in [-0.15, -0.1) is 0 Å². The van der Waals surface area contributed by atoms with Gasteiger partial charge in [-0.3, -0.25) is 4.79 Å². The molecule has 0 radical (unpaired) electrons. The molecule has 2 heterocycles. The van der Waals surface area contributed by atoms with Crippen LogP contribution in [-0.2, 0) is 14.3 Å². The summed E-state index contributed by atoms with van der Waals surface area (Å²) in [5.41, 5.74) is -0.890. The fourth-order valence-corrected chi connectivity index (χ4v) is 2.89. The van der Waals surface area contributed by atoms with E-state index < -0.39 is 17.3 Å². The fourth-order valence-electron chi connectivity index (χ4n) is 2.89. The van der Waals surface area contributed by atoms with E-state index in [2.05, 4.69) is 16.0 Å². The van der Waals surface area contributed by atoms with Crippen LogP contribution in [0.4, 0.5) is 9.59 Å². The molecule has 0 spiro atoms. The van der Waals surface area contributed by atoms with E-state index in [0.717, 1.165) is 25.9 Å². The van der Waals surface area contributed by atoms with Crippen LogP contribution in [0.25, 0.3) is 0 Å². The highest BCUT2D eigenvalue weighted by atomic mass is 16.6. The molecule has 2 unspecified atom stereocenters. The summed E-state index contributed by atoms with van der Waals surface area (Å²) >= 11 is 0. The predicted molar refractivity (Wildman–Crippen MR) is 111 cm³/mol. The van der Waals surface area contributed by atoms with E-state index in [1.807, 2.05) is 41.5 Å². The van der Waals surface area contributed by atoms with Gasteiger partial charge in [0.2, 0.25) is 5.91 Å². The summed E-state index contributed by atoms with van der Waals surface area (Å²) in [6.45, 7) is 15.7. The van der Waals surface area contributed by atoms with Gasteiger partial charge in [-0.05, 0) is 60.9 Å². The molecular formula is C20H38N4O5. The molecule has 0 aromatic rings. The Morgan fingerprint density at radius 3 is 1.79 bits per heavy atom. The number of nitrogens with one attached hydrogen (secondary N) is 3. The van der Waals surface area contributed by atoms with E-state index in [0.29, 0.717) is 13.1 Å². The van der Waals surface area contributed by atoms with Crippen molar-refractivity contribution in [1.82, 2.24) is 20.9 Å². The number of alkyl carbamates (subject to hydrolysis) is 2. The zero-order chi connectivity index (χ0) is 22.2. The Morgan fingerprint density at radius 2 is 1.41 bits per heavy atom. The first kappa shape index (κ1) is 25.0. The lowest BCUT2D eigenvalue weighted by Crippen LogP contribution is -2.41. The first-order valence-corrected chi connectivity index (χ1v) is 10.2. The zero-order valence-corrected chi connectivity index (χ0v) is 18.9. The van der Waals surface area contributed by atoms with Gasteiger partial charge in [0, 0.05) is 32.6 Å². The lowest BCUT2D eigenvalue weighted by Gasteiger charge is -2.21. The van der Waals surface area contributed by atoms with Crippen LogP contribution in [0, 0.1) is 0 Å². The molecule has 2 saturated heterocycles. The second-order valence-corrected chi connectivity index (χ2v) is 9.43. The van der Waals surface area contributed by atoms with Crippen molar-refractivity contribution >= 4 is 18.1 Å². The second-order valence-electron chi connectivity index (χ2n) is 9.43. The molecule has 9 nitrogen and oxygen atoms in total. The molecule has 2 aliphatic heterocycles. The average molecular weight is 415 g/mol. The number of amides is 3. The van der Waals surface area contributed by atoms with E-state index >= 15 is 0 Å². The van der Waals surface area contributed by atoms with Gasteiger partial charge in [0.05, 0.1) is 6.04 Å². The van der Waals surface area contributed by atoms with Gasteiger partial charge in [-0.1, -0.05) is 0 Å². The third-order valence-electron chi connectivity index (χ3n) is 4.14. The summed E-state index contributed by atoms with van der Waals surface area (Å²) < 4.78 is 10.3. The Morgan fingerprint density at radius 1 is 0.897 bits per heavy atom. The monoisotopic (exact) mass is 414 g/mol. The van der Waals surface area contributed by atoms with Crippen molar-refractivity contribution in [2.24, 2.45) is 0 Å². The molecule has 0 bridgehead atoms. The van der Waals surface area contributed by atoms with Crippen molar-refractivity contribution in [2.75, 3.05) is 26.2 Å². The van der Waals surface area contributed by atoms with E-state index in [1.165, 1.54) is 6.92 Å². The highest BCUT2D eigenvalue weighted by Gasteiger charge is 2.27. The Kier molecular flexibility index (Phi) is 9.19. The van der Waals surface area contributed by atoms with Crippen molar-refractivity contribution in [3.8, 4) is 0 Å². The number of rotatable bonds is 2. The summed E-state index contributed by atoms with van der Waals surface area (Å²) in [5.74, 6) is 0.0495. The van der Waals surface area contributed by atoms with Crippen LogP contribution in [0.1, 0.15) is 61.3 Å². The molecule has 3 amide bonds. The molecule has 2 fully saturated rings. The largest absolute Gasteiger partial charge is 0.444 e. The lowest BCUT2D eigenvalue weighted by molar-refractivity contribution is -0.127. The van der Waals surface area contributed by atoms with Crippen LogP contribution in [0.3, 0.4) is 0 Å². The van der Waals surface area contributed by atoms with Crippen LogP contribution >= 0.6 is 0 Å². The standard InChI is InChI=1S/C11H20N2O3.C9H18N2O2/c1-8(14)13-6-5-9(7-13)12-10(15)16-11(2,3)4;1-9(2,3)13-8(12)11-7-4-5-10-6-7/h9H,5-7H2,1-4H3,(H,12,15);7,10H,4-6H2,1-3H3,(H,11,12). The fraction of sp³-hybridized carbons (Fsp3) is 0.850. The molecule has 29 heavy (non-hydrogen) atoms. The summed E-state index contributed by atoms with van der Waals surface area (Å²) in [7, 11) is 0. The maximum absolute atomic E-state index is 11.5. The number of ether oxygens (including phenoxy) is 2. The molecule has 9 heteroatoms. The molecule has 168 valence electrons. The quantitative estimate of drug-likeness (QED) is 0.638. The van der Waals surface area contributed by atoms with Crippen LogP contribution in [0.5, 0.6) is 0 Å². The molecule has 0 aliphatic carbocycles. The molecular weight excluding hydrogens is 376 g/mol. The zero-order valence-electron chi connectivity index (χ0n) is 18.9. The molecule has 0 aromatic carbocycles. The highest BCUT2D eigenvalue weighted by molar-refractivity contribution is 5.74. The second kappa shape index (κ2) is 10.7. The van der Waals surface area contributed by atoms with Gasteiger partial charge >= 0.3 is 12.2 Å². The summed E-state index contributed by atoms with van der Waals surface area (Å²) in [6.07, 6.45) is 1.04. The van der Waals surface area contributed by atoms with Crippen LogP contribution in [0.15, 0.2) is 0 Å². The number of hydrogen-bond acceptors (Lipinski definition) is 6. The van der Waals surface area contributed by atoms with Crippen LogP contribution in [0.2, 0.25) is 0 Å². The van der Waals surface area contributed by atoms with Crippen molar-refractivity contribution in [3.05, 3.63) is 0 Å². The van der Waals surface area contributed by atoms with Crippen molar-refractivity contribution in [1.29, 1.82) is 0 Å². The minimum absolute atomic E-state index is 0.0127. The number of nitrogens with zero attached hydrogens (tertiary/aromatic N) is 1. The summed E-state index contributed by atoms with van der Waals surface area (Å²) in [5, 5.41) is 8.75. The Labute approximate surface area is 174 Å². The van der Waals surface area contributed by atoms with Crippen molar-refractivity contribution in [2.45, 2.75) is 84.6 Å². The first-order chi connectivity index (χ1) is 13.2. The Hall–Kier alpha value is -2.03. The minimum atomic E-state index is -0.483. The summed E-state index contributed by atoms with van der Waals surface area (Å²) in [6, 6.07) is 0.244. The average Bonchev–Trinajstić information content (AvgIpc) is 3.15. The van der Waals surface area contributed by atoms with Gasteiger partial charge < -0.3 is 30.3 Å². The molecule has 3 N–H and O–H groups in total. The topological polar surface area (TPSA) is 109 Å². The third kappa shape index (κ3) is 11.5. The van der Waals surface area contributed by atoms with Crippen molar-refractivity contribution in [3.63, 3.8) is 0 Å². The Balaban J connectivity index is 0.000000296. The molecule has 2 aliphatic rings. The van der Waals surface area contributed by atoms with E-state index in [1.54, 1.807) is 4.90 Å². The normalized spacial score (nSPS) is 21.7. The van der Waals surface area contributed by atoms with E-state index in [4.69, 9.17) is 9.47 Å². The lowest BCUT2D eigenvalue weighted by atomic mass is 10.2. The van der Waals surface area contributed by atoms with Crippen LogP contribution in [-0.4, -0.2) is 72.5 Å². The van der Waals surface area contributed by atoms with Gasteiger partial charge in [0.15, 0.2) is 0 Å². The van der Waals surface area contributed by atoms with Crippen LogP contribution < -0.4 is 16.0 Å². The number of likely N-dealkylation sites (tertiary alicyclic amines) is 1.